The molecule has 0 fully saturated rings. The predicted molar refractivity (Wildman–Crippen MR) is 101 cm³/mol. The number of nitro groups is 1. The molecule has 140 valence electrons. The number of rotatable bonds is 4. The van der Waals surface area contributed by atoms with Gasteiger partial charge < -0.3 is 19.5 Å². The van der Waals surface area contributed by atoms with Gasteiger partial charge in [-0.1, -0.05) is 12.1 Å². The second-order valence-corrected chi connectivity index (χ2v) is 5.90. The van der Waals surface area contributed by atoms with Crippen molar-refractivity contribution in [2.24, 2.45) is 0 Å². The highest BCUT2D eigenvalue weighted by Crippen LogP contribution is 2.43. The quantitative estimate of drug-likeness (QED) is 0.519. The van der Waals surface area contributed by atoms with Crippen molar-refractivity contribution in [2.75, 3.05) is 12.4 Å². The fraction of sp³-hybridized carbons (Fsp3) is 0.0500. The first-order valence-electron chi connectivity index (χ1n) is 8.28. The smallest absolute Gasteiger partial charge is 0.276 e. The molecule has 8 nitrogen and oxygen atoms in total. The summed E-state index contributed by atoms with van der Waals surface area (Å²) < 4.78 is 16.7. The Hall–Kier alpha value is -4.07. The summed E-state index contributed by atoms with van der Waals surface area (Å²) >= 11 is 0. The van der Waals surface area contributed by atoms with Gasteiger partial charge in [0, 0.05) is 0 Å². The summed E-state index contributed by atoms with van der Waals surface area (Å²) in [4.78, 5) is 23.6. The molecule has 0 atom stereocenters. The zero-order valence-corrected chi connectivity index (χ0v) is 14.7. The fourth-order valence-corrected chi connectivity index (χ4v) is 2.80. The van der Waals surface area contributed by atoms with E-state index < -0.39 is 10.8 Å². The zero-order valence-electron chi connectivity index (χ0n) is 14.7. The maximum Gasteiger partial charge on any atom is 0.276 e. The molecule has 0 aliphatic carbocycles. The number of hydrogen-bond donors (Lipinski definition) is 1. The van der Waals surface area contributed by atoms with Crippen molar-refractivity contribution >= 4 is 17.3 Å². The summed E-state index contributed by atoms with van der Waals surface area (Å²) in [6, 6.07) is 15.8. The van der Waals surface area contributed by atoms with Gasteiger partial charge >= 0.3 is 0 Å². The molecule has 0 radical (unpaired) electrons. The largest absolute Gasteiger partial charge is 0.497 e. The molecule has 3 aromatic carbocycles. The number of carbonyl (C=O) groups is 1. The number of nitrogens with one attached hydrogen (secondary N) is 1. The lowest BCUT2D eigenvalue weighted by Gasteiger charge is -2.13. The van der Waals surface area contributed by atoms with E-state index in [-0.39, 0.29) is 22.7 Å². The first-order chi connectivity index (χ1) is 13.5. The Balaban J connectivity index is 1.82. The summed E-state index contributed by atoms with van der Waals surface area (Å²) in [7, 11) is 1.54. The van der Waals surface area contributed by atoms with Crippen LogP contribution in [0.3, 0.4) is 0 Å². The predicted octanol–water partition coefficient (Wildman–Crippen LogP) is 4.75. The number of fused-ring (bicyclic) bond motifs is 2. The average molecular weight is 378 g/mol. The van der Waals surface area contributed by atoms with Gasteiger partial charge in [0.2, 0.25) is 0 Å². The lowest BCUT2D eigenvalue weighted by molar-refractivity contribution is -0.385. The van der Waals surface area contributed by atoms with E-state index in [1.807, 2.05) is 0 Å². The second kappa shape index (κ2) is 6.92. The van der Waals surface area contributed by atoms with E-state index in [0.717, 1.165) is 0 Å². The minimum atomic E-state index is -0.570. The van der Waals surface area contributed by atoms with Gasteiger partial charge in [0.05, 0.1) is 29.9 Å². The third-order valence-corrected chi connectivity index (χ3v) is 4.13. The number of carbonyl (C=O) groups excluding carboxylic acids is 1. The second-order valence-electron chi connectivity index (χ2n) is 5.90. The number of amides is 1. The number of ether oxygens (including phenoxy) is 3. The Morgan fingerprint density at radius 1 is 1.00 bits per heavy atom. The number of nitro benzene ring substituents is 1. The Kier molecular flexibility index (Phi) is 4.29. The highest BCUT2D eigenvalue weighted by Gasteiger charge is 2.28. The molecule has 8 heteroatoms. The molecule has 0 unspecified atom stereocenters. The highest BCUT2D eigenvalue weighted by molar-refractivity contribution is 6.10. The van der Waals surface area contributed by atoms with Crippen LogP contribution in [0.15, 0.2) is 60.7 Å². The average Bonchev–Trinajstić information content (AvgIpc) is 2.84. The summed E-state index contributed by atoms with van der Waals surface area (Å²) in [6.45, 7) is 0. The van der Waals surface area contributed by atoms with Crippen molar-refractivity contribution in [3.8, 4) is 28.7 Å². The van der Waals surface area contributed by atoms with Crippen LogP contribution in [0.5, 0.6) is 28.7 Å². The summed E-state index contributed by atoms with van der Waals surface area (Å²) in [6.07, 6.45) is 0. The number of benzene rings is 3. The van der Waals surface area contributed by atoms with Crippen molar-refractivity contribution < 1.29 is 23.9 Å². The fourth-order valence-electron chi connectivity index (χ4n) is 2.80. The van der Waals surface area contributed by atoms with Gasteiger partial charge in [-0.25, -0.2) is 0 Å². The van der Waals surface area contributed by atoms with E-state index in [1.165, 1.54) is 19.2 Å². The van der Waals surface area contributed by atoms with E-state index in [2.05, 4.69) is 5.32 Å². The van der Waals surface area contributed by atoms with E-state index in [4.69, 9.17) is 14.2 Å². The van der Waals surface area contributed by atoms with Gasteiger partial charge in [-0.15, -0.1) is 0 Å². The molecule has 3 aromatic rings. The van der Waals surface area contributed by atoms with E-state index in [1.54, 1.807) is 48.5 Å². The minimum Gasteiger partial charge on any atom is -0.497 e. The van der Waals surface area contributed by atoms with Gasteiger partial charge in [0.25, 0.3) is 11.6 Å². The molecule has 1 N–H and O–H groups in total. The Labute approximate surface area is 159 Å². The lowest BCUT2D eigenvalue weighted by Crippen LogP contribution is -2.12. The first kappa shape index (κ1) is 17.3. The highest BCUT2D eigenvalue weighted by atomic mass is 16.6. The number of anilines is 1. The Bertz CT molecular complexity index is 1080. The minimum absolute atomic E-state index is 0.0136. The maximum absolute atomic E-state index is 12.8. The van der Waals surface area contributed by atoms with Crippen LogP contribution >= 0.6 is 0 Å². The Morgan fingerprint density at radius 3 is 2.43 bits per heavy atom. The van der Waals surface area contributed by atoms with Gasteiger partial charge in [0.1, 0.15) is 17.1 Å². The monoisotopic (exact) mass is 378 g/mol. The van der Waals surface area contributed by atoms with E-state index in [0.29, 0.717) is 22.9 Å². The van der Waals surface area contributed by atoms with Crippen molar-refractivity contribution in [2.45, 2.75) is 0 Å². The van der Waals surface area contributed by atoms with E-state index >= 15 is 0 Å². The van der Waals surface area contributed by atoms with Crippen LogP contribution in [0.1, 0.15) is 10.4 Å². The molecule has 0 bridgehead atoms. The van der Waals surface area contributed by atoms with Gasteiger partial charge in [-0.3, -0.25) is 14.9 Å². The SMILES string of the molecule is COc1ccc(Oc2cc([N+](=O)[O-])cc3c2C(=O)Nc2ccccc2O3)cc1. The first-order valence-corrected chi connectivity index (χ1v) is 8.28. The standard InChI is InChI=1S/C20H14N2O6/c1-26-13-6-8-14(9-7-13)27-17-10-12(22(24)25)11-18-19(17)20(23)21-15-4-2-3-5-16(15)28-18/h2-11H,1H3,(H,21,23). The van der Waals surface area contributed by atoms with Crippen LogP contribution in [0.2, 0.25) is 0 Å². The molecule has 4 rings (SSSR count). The topological polar surface area (TPSA) is 99.9 Å². The van der Waals surface area contributed by atoms with Crippen LogP contribution in [0.4, 0.5) is 11.4 Å². The number of methoxy groups -OCH3 is 1. The number of hydrogen-bond acceptors (Lipinski definition) is 6. The molecule has 28 heavy (non-hydrogen) atoms. The third-order valence-electron chi connectivity index (χ3n) is 4.13. The van der Waals surface area contributed by atoms with Crippen LogP contribution in [0.25, 0.3) is 0 Å². The third kappa shape index (κ3) is 3.18. The molecule has 0 aromatic heterocycles. The molecule has 0 spiro atoms. The number of para-hydroxylation sites is 2. The maximum atomic E-state index is 12.8. The lowest BCUT2D eigenvalue weighted by atomic mass is 10.1. The molecule has 1 heterocycles. The molecule has 1 amide bonds. The molecular weight excluding hydrogens is 364 g/mol. The van der Waals surface area contributed by atoms with Crippen LogP contribution in [-0.4, -0.2) is 17.9 Å². The van der Waals surface area contributed by atoms with Crippen LogP contribution in [0, 0.1) is 10.1 Å². The summed E-state index contributed by atoms with van der Waals surface area (Å²) in [5, 5.41) is 14.1. The molecule has 0 saturated carbocycles. The van der Waals surface area contributed by atoms with Crippen molar-refractivity contribution in [3.63, 3.8) is 0 Å². The summed E-state index contributed by atoms with van der Waals surface area (Å²) in [5.74, 6) is 0.962. The molecule has 0 saturated heterocycles. The van der Waals surface area contributed by atoms with Gasteiger partial charge in [-0.2, -0.15) is 0 Å². The van der Waals surface area contributed by atoms with Gasteiger partial charge in [0.15, 0.2) is 17.2 Å². The van der Waals surface area contributed by atoms with Crippen molar-refractivity contribution in [1.82, 2.24) is 0 Å². The molecule has 1 aliphatic rings. The molecule has 1 aliphatic heterocycles. The summed E-state index contributed by atoms with van der Waals surface area (Å²) in [5.41, 5.74) is 0.272. The Morgan fingerprint density at radius 2 is 1.71 bits per heavy atom. The van der Waals surface area contributed by atoms with Crippen molar-refractivity contribution in [1.29, 1.82) is 0 Å². The normalized spacial score (nSPS) is 12.0. The zero-order chi connectivity index (χ0) is 19.7. The van der Waals surface area contributed by atoms with Gasteiger partial charge in [-0.05, 0) is 36.4 Å². The van der Waals surface area contributed by atoms with Crippen molar-refractivity contribution in [3.05, 3.63) is 76.3 Å². The van der Waals surface area contributed by atoms with Crippen LogP contribution in [-0.2, 0) is 0 Å². The number of nitrogens with zero attached hydrogens (tertiary/aromatic N) is 1. The number of non-ortho nitro benzene ring substituents is 1. The van der Waals surface area contributed by atoms with Crippen LogP contribution < -0.4 is 19.5 Å². The molecular formula is C20H14N2O6. The van der Waals surface area contributed by atoms with E-state index in [9.17, 15) is 14.9 Å².